The van der Waals surface area contributed by atoms with Crippen LogP contribution in [-0.4, -0.2) is 72.5 Å². The third-order valence-electron chi connectivity index (χ3n) is 6.16. The van der Waals surface area contributed by atoms with Gasteiger partial charge >= 0.3 is 6.61 Å². The number of aromatic nitrogens is 2. The second-order valence-electron chi connectivity index (χ2n) is 8.39. The molecule has 2 aliphatic heterocycles. The lowest BCUT2D eigenvalue weighted by molar-refractivity contribution is -0.0498. The van der Waals surface area contributed by atoms with E-state index in [1.165, 1.54) is 41.4 Å². The molecule has 8 nitrogen and oxygen atoms in total. The number of piperazine rings is 1. The lowest BCUT2D eigenvalue weighted by Crippen LogP contribution is -2.51. The maximum absolute atomic E-state index is 13.0. The predicted molar refractivity (Wildman–Crippen MR) is 110 cm³/mol. The Bertz CT molecular complexity index is 1050. The molecule has 3 fully saturated rings. The van der Waals surface area contributed by atoms with E-state index >= 15 is 0 Å². The highest BCUT2D eigenvalue weighted by atomic mass is 32.2. The van der Waals surface area contributed by atoms with Crippen molar-refractivity contribution in [2.75, 3.05) is 26.2 Å². The van der Waals surface area contributed by atoms with Crippen LogP contribution in [0.1, 0.15) is 30.9 Å². The van der Waals surface area contributed by atoms with E-state index < -0.39 is 16.6 Å². The van der Waals surface area contributed by atoms with Crippen LogP contribution in [0.4, 0.5) is 8.78 Å². The van der Waals surface area contributed by atoms with Gasteiger partial charge in [0.25, 0.3) is 0 Å². The van der Waals surface area contributed by atoms with Gasteiger partial charge in [0, 0.05) is 44.6 Å². The normalized spacial score (nSPS) is 24.5. The summed E-state index contributed by atoms with van der Waals surface area (Å²) in [5, 5.41) is 0. The molecule has 0 spiro atoms. The fraction of sp³-hybridized carbons (Fsp3) is 0.524. The smallest absolute Gasteiger partial charge is 0.387 e. The Labute approximate surface area is 185 Å². The first-order valence-electron chi connectivity index (χ1n) is 10.7. The van der Waals surface area contributed by atoms with Crippen molar-refractivity contribution in [3.8, 4) is 11.6 Å². The number of nitrogens with zero attached hydrogens (tertiary/aromatic N) is 4. The van der Waals surface area contributed by atoms with E-state index in [4.69, 9.17) is 4.74 Å². The lowest BCUT2D eigenvalue weighted by atomic mass is 10.2. The van der Waals surface area contributed by atoms with Crippen molar-refractivity contribution in [2.45, 2.75) is 48.8 Å². The van der Waals surface area contributed by atoms with Crippen molar-refractivity contribution in [2.24, 2.45) is 0 Å². The number of ether oxygens (including phenoxy) is 2. The summed E-state index contributed by atoms with van der Waals surface area (Å²) >= 11 is 0. The first kappa shape index (κ1) is 21.5. The quantitative estimate of drug-likeness (QED) is 0.620. The van der Waals surface area contributed by atoms with Gasteiger partial charge in [-0.15, -0.1) is 0 Å². The summed E-state index contributed by atoms with van der Waals surface area (Å²) in [6.45, 7) is -0.932. The molecule has 2 saturated heterocycles. The molecule has 0 N–H and O–H groups in total. The van der Waals surface area contributed by atoms with Crippen molar-refractivity contribution in [1.82, 2.24) is 19.2 Å². The third kappa shape index (κ3) is 4.55. The fourth-order valence-electron chi connectivity index (χ4n) is 4.36. The molecule has 1 saturated carbocycles. The molecule has 0 amide bonds. The minimum Gasteiger partial charge on any atom is -0.472 e. The zero-order valence-electron chi connectivity index (χ0n) is 17.3. The molecular formula is C21H24F2N4O4S. The summed E-state index contributed by atoms with van der Waals surface area (Å²) in [5.41, 5.74) is 1.01. The third-order valence-corrected chi connectivity index (χ3v) is 8.04. The second kappa shape index (κ2) is 8.53. The van der Waals surface area contributed by atoms with Crippen molar-refractivity contribution in [3.63, 3.8) is 0 Å². The highest BCUT2D eigenvalue weighted by Gasteiger charge is 2.41. The minimum atomic E-state index is -3.73. The van der Waals surface area contributed by atoms with Crippen LogP contribution in [-0.2, 0) is 10.0 Å². The Hall–Kier alpha value is -2.37. The maximum Gasteiger partial charge on any atom is 0.387 e. The van der Waals surface area contributed by atoms with Gasteiger partial charge in [0.2, 0.25) is 15.9 Å². The summed E-state index contributed by atoms with van der Waals surface area (Å²) < 4.78 is 62.5. The van der Waals surface area contributed by atoms with E-state index in [1.54, 1.807) is 12.4 Å². The van der Waals surface area contributed by atoms with Crippen molar-refractivity contribution < 1.29 is 26.7 Å². The number of hydrogen-bond acceptors (Lipinski definition) is 7. The van der Waals surface area contributed by atoms with Crippen LogP contribution in [0.15, 0.2) is 41.6 Å². The number of sulfonamides is 1. The molecule has 1 aromatic carbocycles. The molecule has 0 radical (unpaired) electrons. The van der Waals surface area contributed by atoms with Crippen LogP contribution in [0.3, 0.4) is 0 Å². The Morgan fingerprint density at radius 2 is 1.81 bits per heavy atom. The molecule has 0 bridgehead atoms. The minimum absolute atomic E-state index is 0.0451. The molecule has 3 heterocycles. The lowest BCUT2D eigenvalue weighted by Gasteiger charge is -2.36. The highest BCUT2D eigenvalue weighted by molar-refractivity contribution is 7.89. The molecular weight excluding hydrogens is 442 g/mol. The SMILES string of the molecule is O=S(=O)(c1ccc(OC(F)F)cc1)N1CCN2C[C@H](Oc3cnc(C4CC4)cn3)C[C@H]2C1. The summed E-state index contributed by atoms with van der Waals surface area (Å²) in [4.78, 5) is 11.1. The topological polar surface area (TPSA) is 84.9 Å². The zero-order valence-corrected chi connectivity index (χ0v) is 18.1. The molecule has 3 aliphatic rings. The Balaban J connectivity index is 1.20. The van der Waals surface area contributed by atoms with Crippen LogP contribution in [0.25, 0.3) is 0 Å². The van der Waals surface area contributed by atoms with Crippen molar-refractivity contribution in [1.29, 1.82) is 0 Å². The molecule has 2 atom stereocenters. The molecule has 32 heavy (non-hydrogen) atoms. The number of benzene rings is 1. The standard InChI is InChI=1S/C21H24F2N4O4S/c22-21(23)31-16-3-5-18(6-4-16)32(28,29)27-8-7-26-13-17(9-15(26)12-27)30-20-11-24-19(10-25-20)14-1-2-14/h3-6,10-11,14-15,17,21H,1-2,7-9,12-13H2/t15-,17+/m0/s1. The summed E-state index contributed by atoms with van der Waals surface area (Å²) in [7, 11) is -3.73. The van der Waals surface area contributed by atoms with Gasteiger partial charge in [-0.2, -0.15) is 13.1 Å². The van der Waals surface area contributed by atoms with Crippen LogP contribution in [0.2, 0.25) is 0 Å². The molecule has 1 aliphatic carbocycles. The fourth-order valence-corrected chi connectivity index (χ4v) is 5.83. The molecule has 0 unspecified atom stereocenters. The molecule has 5 rings (SSSR count). The van der Waals surface area contributed by atoms with E-state index in [-0.39, 0.29) is 22.8 Å². The first-order chi connectivity index (χ1) is 15.4. The number of rotatable bonds is 7. The maximum atomic E-state index is 13.0. The first-order valence-corrected chi connectivity index (χ1v) is 12.1. The Morgan fingerprint density at radius 1 is 1.03 bits per heavy atom. The van der Waals surface area contributed by atoms with E-state index in [9.17, 15) is 17.2 Å². The van der Waals surface area contributed by atoms with Crippen LogP contribution in [0, 0.1) is 0 Å². The monoisotopic (exact) mass is 466 g/mol. The number of halogens is 2. The Morgan fingerprint density at radius 3 is 2.47 bits per heavy atom. The van der Waals surface area contributed by atoms with Crippen molar-refractivity contribution in [3.05, 3.63) is 42.4 Å². The Kier molecular flexibility index (Phi) is 5.72. The van der Waals surface area contributed by atoms with Gasteiger partial charge < -0.3 is 9.47 Å². The van der Waals surface area contributed by atoms with Gasteiger partial charge in [-0.05, 0) is 37.1 Å². The van der Waals surface area contributed by atoms with Gasteiger partial charge in [0.15, 0.2) is 0 Å². The molecule has 1 aromatic heterocycles. The number of fused-ring (bicyclic) bond motifs is 1. The van der Waals surface area contributed by atoms with Crippen LogP contribution < -0.4 is 9.47 Å². The molecule has 172 valence electrons. The van der Waals surface area contributed by atoms with Gasteiger partial charge in [-0.3, -0.25) is 9.88 Å². The largest absolute Gasteiger partial charge is 0.472 e. The zero-order chi connectivity index (χ0) is 22.3. The van der Waals surface area contributed by atoms with E-state index in [2.05, 4.69) is 19.6 Å². The van der Waals surface area contributed by atoms with Gasteiger partial charge in [-0.25, -0.2) is 13.4 Å². The van der Waals surface area contributed by atoms with Crippen molar-refractivity contribution >= 4 is 10.0 Å². The molecule has 2 aromatic rings. The van der Waals surface area contributed by atoms with E-state index in [1.807, 2.05) is 0 Å². The van der Waals surface area contributed by atoms with Gasteiger partial charge in [0.05, 0.1) is 23.0 Å². The second-order valence-corrected chi connectivity index (χ2v) is 10.3. The van der Waals surface area contributed by atoms with Gasteiger partial charge in [0.1, 0.15) is 11.9 Å². The number of alkyl halides is 2. The highest BCUT2D eigenvalue weighted by Crippen LogP contribution is 2.38. The van der Waals surface area contributed by atoms with E-state index in [0.717, 1.165) is 5.69 Å². The number of hydrogen-bond donors (Lipinski definition) is 0. The predicted octanol–water partition coefficient (Wildman–Crippen LogP) is 2.48. The van der Waals surface area contributed by atoms with Crippen LogP contribution >= 0.6 is 0 Å². The summed E-state index contributed by atoms with van der Waals surface area (Å²) in [5.74, 6) is 0.959. The molecule has 11 heteroatoms. The average Bonchev–Trinajstić information content (AvgIpc) is 3.54. The average molecular weight is 467 g/mol. The van der Waals surface area contributed by atoms with Gasteiger partial charge in [-0.1, -0.05) is 0 Å². The van der Waals surface area contributed by atoms with Crippen LogP contribution in [0.5, 0.6) is 11.6 Å². The summed E-state index contributed by atoms with van der Waals surface area (Å²) in [6, 6.07) is 5.12. The summed E-state index contributed by atoms with van der Waals surface area (Å²) in [6.07, 6.45) is 6.40. The van der Waals surface area contributed by atoms with E-state index in [0.29, 0.717) is 44.4 Å².